The van der Waals surface area contributed by atoms with E-state index in [0.29, 0.717) is 5.70 Å². The SMILES string of the molecule is CCOC(=O)C1=C(C)N(CCO)C(=O)NC1c1ccccc1F. The minimum Gasteiger partial charge on any atom is -0.463 e. The highest BCUT2D eigenvalue weighted by atomic mass is 19.1. The summed E-state index contributed by atoms with van der Waals surface area (Å²) in [7, 11) is 0. The summed E-state index contributed by atoms with van der Waals surface area (Å²) in [6.07, 6.45) is 0. The van der Waals surface area contributed by atoms with Crippen molar-refractivity contribution >= 4 is 12.0 Å². The summed E-state index contributed by atoms with van der Waals surface area (Å²) in [5.74, 6) is -1.15. The minimum atomic E-state index is -0.933. The number of allylic oxidation sites excluding steroid dienone is 1. The molecule has 1 aliphatic rings. The quantitative estimate of drug-likeness (QED) is 0.809. The van der Waals surface area contributed by atoms with Gasteiger partial charge in [-0.25, -0.2) is 14.0 Å². The topological polar surface area (TPSA) is 78.9 Å². The van der Waals surface area contributed by atoms with Crippen molar-refractivity contribution in [3.63, 3.8) is 0 Å². The average Bonchev–Trinajstić information content (AvgIpc) is 2.51. The fourth-order valence-corrected chi connectivity index (χ4v) is 2.57. The fourth-order valence-electron chi connectivity index (χ4n) is 2.57. The molecule has 2 amide bonds. The molecule has 0 saturated carbocycles. The van der Waals surface area contributed by atoms with E-state index in [2.05, 4.69) is 5.32 Å². The lowest BCUT2D eigenvalue weighted by Crippen LogP contribution is -2.49. The molecule has 1 unspecified atom stereocenters. The number of aliphatic hydroxyl groups is 1. The molecule has 0 bridgehead atoms. The Morgan fingerprint density at radius 1 is 1.43 bits per heavy atom. The van der Waals surface area contributed by atoms with E-state index in [9.17, 15) is 14.0 Å². The number of esters is 1. The van der Waals surface area contributed by atoms with Crippen LogP contribution in [0.2, 0.25) is 0 Å². The van der Waals surface area contributed by atoms with Gasteiger partial charge in [0.25, 0.3) is 0 Å². The first kappa shape index (κ1) is 17.0. The number of urea groups is 1. The zero-order valence-electron chi connectivity index (χ0n) is 13.0. The van der Waals surface area contributed by atoms with Gasteiger partial charge in [0.2, 0.25) is 0 Å². The van der Waals surface area contributed by atoms with Gasteiger partial charge in [-0.05, 0) is 19.9 Å². The first-order valence-electron chi connectivity index (χ1n) is 7.32. The van der Waals surface area contributed by atoms with E-state index in [1.807, 2.05) is 0 Å². The van der Waals surface area contributed by atoms with Crippen LogP contribution in [0.25, 0.3) is 0 Å². The Hall–Kier alpha value is -2.41. The normalized spacial score (nSPS) is 18.0. The zero-order chi connectivity index (χ0) is 17.0. The second-order valence-corrected chi connectivity index (χ2v) is 5.00. The zero-order valence-corrected chi connectivity index (χ0v) is 13.0. The van der Waals surface area contributed by atoms with Gasteiger partial charge in [-0.2, -0.15) is 0 Å². The van der Waals surface area contributed by atoms with Gasteiger partial charge < -0.3 is 15.2 Å². The van der Waals surface area contributed by atoms with Crippen LogP contribution in [0.5, 0.6) is 0 Å². The highest BCUT2D eigenvalue weighted by Gasteiger charge is 2.37. The number of ether oxygens (including phenoxy) is 1. The number of hydrogen-bond acceptors (Lipinski definition) is 4. The van der Waals surface area contributed by atoms with Crippen LogP contribution in [0.3, 0.4) is 0 Å². The van der Waals surface area contributed by atoms with E-state index in [0.717, 1.165) is 0 Å². The lowest BCUT2D eigenvalue weighted by molar-refractivity contribution is -0.139. The number of rotatable bonds is 5. The van der Waals surface area contributed by atoms with Crippen LogP contribution in [0.15, 0.2) is 35.5 Å². The monoisotopic (exact) mass is 322 g/mol. The van der Waals surface area contributed by atoms with E-state index in [-0.39, 0.29) is 30.9 Å². The van der Waals surface area contributed by atoms with Crippen molar-refractivity contribution in [2.24, 2.45) is 0 Å². The van der Waals surface area contributed by atoms with Crippen molar-refractivity contribution < 1.29 is 23.8 Å². The van der Waals surface area contributed by atoms with Crippen molar-refractivity contribution in [1.82, 2.24) is 10.2 Å². The van der Waals surface area contributed by atoms with Crippen molar-refractivity contribution in [2.45, 2.75) is 19.9 Å². The smallest absolute Gasteiger partial charge is 0.338 e. The van der Waals surface area contributed by atoms with Crippen molar-refractivity contribution in [3.8, 4) is 0 Å². The molecule has 2 rings (SSSR count). The molecule has 2 N–H and O–H groups in total. The number of β-amino-alcohol motifs (C(OH)–C–C–N with tert-alkyl or cyclic N) is 1. The van der Waals surface area contributed by atoms with E-state index in [1.165, 1.54) is 23.1 Å². The highest BCUT2D eigenvalue weighted by Crippen LogP contribution is 2.32. The summed E-state index contributed by atoms with van der Waals surface area (Å²) in [4.78, 5) is 25.8. The van der Waals surface area contributed by atoms with Crippen LogP contribution in [0.1, 0.15) is 25.5 Å². The second kappa shape index (κ2) is 7.23. The van der Waals surface area contributed by atoms with Gasteiger partial charge in [-0.15, -0.1) is 0 Å². The number of hydrogen-bond donors (Lipinski definition) is 2. The van der Waals surface area contributed by atoms with Gasteiger partial charge in [0.05, 0.1) is 31.4 Å². The predicted molar refractivity (Wildman–Crippen MR) is 80.8 cm³/mol. The Morgan fingerprint density at radius 3 is 2.74 bits per heavy atom. The number of carbonyl (C=O) groups excluding carboxylic acids is 2. The summed E-state index contributed by atoms with van der Waals surface area (Å²) in [5.41, 5.74) is 0.686. The van der Waals surface area contributed by atoms with E-state index in [1.54, 1.807) is 19.9 Å². The molecule has 23 heavy (non-hydrogen) atoms. The van der Waals surface area contributed by atoms with Gasteiger partial charge in [0, 0.05) is 11.3 Å². The van der Waals surface area contributed by atoms with Crippen LogP contribution in [0, 0.1) is 5.82 Å². The molecule has 1 heterocycles. The molecular formula is C16H19FN2O4. The van der Waals surface area contributed by atoms with Gasteiger partial charge >= 0.3 is 12.0 Å². The number of halogens is 1. The molecule has 0 aromatic heterocycles. The van der Waals surface area contributed by atoms with Crippen LogP contribution >= 0.6 is 0 Å². The minimum absolute atomic E-state index is 0.0323. The third kappa shape index (κ3) is 3.34. The van der Waals surface area contributed by atoms with Crippen LogP contribution < -0.4 is 5.32 Å². The van der Waals surface area contributed by atoms with Crippen molar-refractivity contribution in [1.29, 1.82) is 0 Å². The number of benzene rings is 1. The number of aliphatic hydroxyl groups excluding tert-OH is 1. The number of amides is 2. The maximum atomic E-state index is 14.1. The molecule has 124 valence electrons. The first-order chi connectivity index (χ1) is 11.0. The molecule has 1 aromatic rings. The first-order valence-corrected chi connectivity index (χ1v) is 7.32. The Labute approximate surface area is 133 Å². The lowest BCUT2D eigenvalue weighted by atomic mass is 9.94. The molecule has 0 saturated heterocycles. The van der Waals surface area contributed by atoms with Gasteiger partial charge in [0.1, 0.15) is 5.82 Å². The molecule has 0 radical (unpaired) electrons. The van der Waals surface area contributed by atoms with Crippen molar-refractivity contribution in [3.05, 3.63) is 46.9 Å². The van der Waals surface area contributed by atoms with E-state index < -0.39 is 23.9 Å². The predicted octanol–water partition coefficient (Wildman–Crippen LogP) is 1.72. The summed E-state index contributed by atoms with van der Waals surface area (Å²) in [6.45, 7) is 3.18. The van der Waals surface area contributed by atoms with Gasteiger partial charge in [0.15, 0.2) is 0 Å². The van der Waals surface area contributed by atoms with E-state index >= 15 is 0 Å². The largest absolute Gasteiger partial charge is 0.463 e. The number of nitrogens with zero attached hydrogens (tertiary/aromatic N) is 1. The Bertz CT molecular complexity index is 645. The molecular weight excluding hydrogens is 303 g/mol. The highest BCUT2D eigenvalue weighted by molar-refractivity contribution is 5.95. The van der Waals surface area contributed by atoms with Crippen LogP contribution in [-0.4, -0.2) is 41.8 Å². The second-order valence-electron chi connectivity index (χ2n) is 5.00. The lowest BCUT2D eigenvalue weighted by Gasteiger charge is -2.35. The molecule has 7 heteroatoms. The maximum absolute atomic E-state index is 14.1. The standard InChI is InChI=1S/C16H19FN2O4/c1-3-23-15(21)13-10(2)19(8-9-20)16(22)18-14(13)11-6-4-5-7-12(11)17/h4-7,14,20H,3,8-9H2,1-2H3,(H,18,22). The Kier molecular flexibility index (Phi) is 5.33. The Balaban J connectivity index is 2.54. The molecule has 0 fully saturated rings. The molecule has 0 spiro atoms. The molecule has 1 aromatic carbocycles. The number of nitrogens with one attached hydrogen (secondary N) is 1. The fraction of sp³-hybridized carbons (Fsp3) is 0.375. The summed E-state index contributed by atoms with van der Waals surface area (Å²) in [5, 5.41) is 11.7. The average molecular weight is 322 g/mol. The third-order valence-electron chi connectivity index (χ3n) is 3.63. The molecule has 6 nitrogen and oxygen atoms in total. The van der Waals surface area contributed by atoms with Crippen LogP contribution in [0.4, 0.5) is 9.18 Å². The van der Waals surface area contributed by atoms with Crippen LogP contribution in [-0.2, 0) is 9.53 Å². The van der Waals surface area contributed by atoms with Gasteiger partial charge in [-0.1, -0.05) is 18.2 Å². The summed E-state index contributed by atoms with van der Waals surface area (Å²) < 4.78 is 19.2. The van der Waals surface area contributed by atoms with Gasteiger partial charge in [-0.3, -0.25) is 4.90 Å². The molecule has 0 aliphatic carbocycles. The Morgan fingerprint density at radius 2 is 2.13 bits per heavy atom. The van der Waals surface area contributed by atoms with Crippen molar-refractivity contribution in [2.75, 3.05) is 19.8 Å². The summed E-state index contributed by atoms with van der Waals surface area (Å²) in [6, 6.07) is 4.49. The molecule has 1 aliphatic heterocycles. The number of carbonyl (C=O) groups is 2. The van der Waals surface area contributed by atoms with E-state index in [4.69, 9.17) is 9.84 Å². The summed E-state index contributed by atoms with van der Waals surface area (Å²) >= 11 is 0. The third-order valence-corrected chi connectivity index (χ3v) is 3.63. The maximum Gasteiger partial charge on any atom is 0.338 e. The molecule has 1 atom stereocenters.